The Morgan fingerprint density at radius 1 is 0.929 bits per heavy atom. The standard InChI is InChI=1S/C22H31N3O3/c1-6-28-19-10-9-18(14-21(19)27-5)15-25-22(23-3)24-12-11-17-8-7-16(2)20(13-17)26-4/h7-10,13-14H,6,11-12,15H2,1-5H3,(H2,23,24,25). The molecule has 0 radical (unpaired) electrons. The van der Waals surface area contributed by atoms with Gasteiger partial charge in [0.2, 0.25) is 0 Å². The van der Waals surface area contributed by atoms with Crippen LogP contribution in [0.4, 0.5) is 0 Å². The molecular weight excluding hydrogens is 354 g/mol. The Balaban J connectivity index is 1.86. The maximum atomic E-state index is 5.56. The van der Waals surface area contributed by atoms with Crippen molar-refractivity contribution >= 4 is 5.96 Å². The van der Waals surface area contributed by atoms with Gasteiger partial charge in [-0.1, -0.05) is 18.2 Å². The third kappa shape index (κ3) is 6.08. The fraction of sp³-hybridized carbons (Fsp3) is 0.409. The first-order chi connectivity index (χ1) is 13.6. The van der Waals surface area contributed by atoms with Crippen molar-refractivity contribution in [2.45, 2.75) is 26.8 Å². The number of aryl methyl sites for hydroxylation is 1. The molecule has 28 heavy (non-hydrogen) atoms. The molecule has 0 aromatic heterocycles. The lowest BCUT2D eigenvalue weighted by molar-refractivity contribution is 0.310. The van der Waals surface area contributed by atoms with E-state index in [1.54, 1.807) is 21.3 Å². The van der Waals surface area contributed by atoms with E-state index in [1.807, 2.05) is 32.0 Å². The van der Waals surface area contributed by atoms with Gasteiger partial charge >= 0.3 is 0 Å². The molecule has 152 valence electrons. The van der Waals surface area contributed by atoms with Crippen LogP contribution in [0.1, 0.15) is 23.6 Å². The van der Waals surface area contributed by atoms with Gasteiger partial charge in [0.1, 0.15) is 5.75 Å². The third-order valence-electron chi connectivity index (χ3n) is 4.39. The van der Waals surface area contributed by atoms with Crippen LogP contribution in [0.2, 0.25) is 0 Å². The topological polar surface area (TPSA) is 64.1 Å². The number of benzene rings is 2. The fourth-order valence-corrected chi connectivity index (χ4v) is 2.85. The van der Waals surface area contributed by atoms with Gasteiger partial charge < -0.3 is 24.8 Å². The molecule has 0 aliphatic carbocycles. The van der Waals surface area contributed by atoms with Crippen molar-refractivity contribution in [1.82, 2.24) is 10.6 Å². The maximum absolute atomic E-state index is 5.56. The molecule has 0 bridgehead atoms. The van der Waals surface area contributed by atoms with E-state index in [-0.39, 0.29) is 0 Å². The minimum absolute atomic E-state index is 0.609. The second-order valence-electron chi connectivity index (χ2n) is 6.32. The molecule has 6 nitrogen and oxygen atoms in total. The summed E-state index contributed by atoms with van der Waals surface area (Å²) >= 11 is 0. The van der Waals surface area contributed by atoms with Gasteiger partial charge in [0.05, 0.1) is 20.8 Å². The predicted molar refractivity (Wildman–Crippen MR) is 114 cm³/mol. The monoisotopic (exact) mass is 385 g/mol. The molecule has 6 heteroatoms. The number of nitrogens with zero attached hydrogens (tertiary/aromatic N) is 1. The van der Waals surface area contributed by atoms with E-state index < -0.39 is 0 Å². The first-order valence-electron chi connectivity index (χ1n) is 9.49. The molecule has 2 aromatic rings. The molecule has 0 saturated carbocycles. The Morgan fingerprint density at radius 3 is 2.32 bits per heavy atom. The molecule has 0 aliphatic rings. The predicted octanol–water partition coefficient (Wildman–Crippen LogP) is 3.32. The first kappa shape index (κ1) is 21.4. The quantitative estimate of drug-likeness (QED) is 0.512. The lowest BCUT2D eigenvalue weighted by atomic mass is 10.1. The Morgan fingerprint density at radius 2 is 1.64 bits per heavy atom. The molecular formula is C22H31N3O3. The number of nitrogens with one attached hydrogen (secondary N) is 2. The Kier molecular flexibility index (Phi) is 8.46. The molecule has 0 atom stereocenters. The number of guanidine groups is 1. The minimum Gasteiger partial charge on any atom is -0.496 e. The van der Waals surface area contributed by atoms with Crippen molar-refractivity contribution in [3.63, 3.8) is 0 Å². The number of hydrogen-bond acceptors (Lipinski definition) is 4. The number of hydrogen-bond donors (Lipinski definition) is 2. The van der Waals surface area contributed by atoms with E-state index >= 15 is 0 Å². The Bertz CT molecular complexity index is 791. The molecule has 0 unspecified atom stereocenters. The lowest BCUT2D eigenvalue weighted by Gasteiger charge is -2.14. The van der Waals surface area contributed by atoms with E-state index in [0.29, 0.717) is 13.2 Å². The lowest BCUT2D eigenvalue weighted by Crippen LogP contribution is -2.37. The largest absolute Gasteiger partial charge is 0.496 e. The highest BCUT2D eigenvalue weighted by atomic mass is 16.5. The van der Waals surface area contributed by atoms with E-state index in [1.165, 1.54) is 5.56 Å². The summed E-state index contributed by atoms with van der Waals surface area (Å²) in [5, 5.41) is 6.67. The molecule has 0 spiro atoms. The molecule has 0 fully saturated rings. The molecule has 2 rings (SSSR count). The molecule has 0 heterocycles. The summed E-state index contributed by atoms with van der Waals surface area (Å²) in [5.41, 5.74) is 3.45. The number of ether oxygens (including phenoxy) is 3. The van der Waals surface area contributed by atoms with Crippen molar-refractivity contribution in [1.29, 1.82) is 0 Å². The zero-order chi connectivity index (χ0) is 20.4. The average Bonchev–Trinajstić information content (AvgIpc) is 2.72. The summed E-state index contributed by atoms with van der Waals surface area (Å²) < 4.78 is 16.4. The molecule has 0 aliphatic heterocycles. The number of aliphatic imine (C=N–C) groups is 1. The van der Waals surface area contributed by atoms with Gasteiger partial charge in [0.25, 0.3) is 0 Å². The zero-order valence-corrected chi connectivity index (χ0v) is 17.5. The Labute approximate surface area is 167 Å². The smallest absolute Gasteiger partial charge is 0.191 e. The molecule has 2 N–H and O–H groups in total. The van der Waals surface area contributed by atoms with Gasteiger partial charge in [0, 0.05) is 20.1 Å². The van der Waals surface area contributed by atoms with Crippen LogP contribution in [0.25, 0.3) is 0 Å². The van der Waals surface area contributed by atoms with Crippen LogP contribution in [0.5, 0.6) is 17.2 Å². The van der Waals surface area contributed by atoms with Crippen LogP contribution in [0.3, 0.4) is 0 Å². The molecule has 0 amide bonds. The van der Waals surface area contributed by atoms with E-state index in [0.717, 1.165) is 47.3 Å². The Hall–Kier alpha value is -2.89. The normalized spacial score (nSPS) is 11.1. The van der Waals surface area contributed by atoms with Crippen molar-refractivity contribution in [2.24, 2.45) is 4.99 Å². The van der Waals surface area contributed by atoms with Crippen LogP contribution >= 0.6 is 0 Å². The summed E-state index contributed by atoms with van der Waals surface area (Å²) in [6.07, 6.45) is 0.883. The van der Waals surface area contributed by atoms with Gasteiger partial charge in [-0.2, -0.15) is 0 Å². The van der Waals surface area contributed by atoms with E-state index in [9.17, 15) is 0 Å². The number of methoxy groups -OCH3 is 2. The van der Waals surface area contributed by atoms with Crippen molar-refractivity contribution in [2.75, 3.05) is 34.4 Å². The van der Waals surface area contributed by atoms with E-state index in [4.69, 9.17) is 14.2 Å². The summed E-state index contributed by atoms with van der Waals surface area (Å²) in [6, 6.07) is 12.2. The van der Waals surface area contributed by atoms with Crippen molar-refractivity contribution in [3.8, 4) is 17.2 Å². The molecule has 2 aromatic carbocycles. The van der Waals surface area contributed by atoms with Crippen LogP contribution in [-0.4, -0.2) is 40.4 Å². The van der Waals surface area contributed by atoms with Gasteiger partial charge in [-0.05, 0) is 55.2 Å². The van der Waals surface area contributed by atoms with Crippen LogP contribution in [0.15, 0.2) is 41.4 Å². The highest BCUT2D eigenvalue weighted by Crippen LogP contribution is 2.27. The van der Waals surface area contributed by atoms with Gasteiger partial charge in [-0.25, -0.2) is 0 Å². The third-order valence-corrected chi connectivity index (χ3v) is 4.39. The SMILES string of the molecule is CCOc1ccc(CNC(=NC)NCCc2ccc(C)c(OC)c2)cc1OC. The van der Waals surface area contributed by atoms with Crippen LogP contribution < -0.4 is 24.8 Å². The average molecular weight is 386 g/mol. The molecule has 0 saturated heterocycles. The van der Waals surface area contributed by atoms with Gasteiger partial charge in [-0.3, -0.25) is 4.99 Å². The highest BCUT2D eigenvalue weighted by Gasteiger charge is 2.06. The highest BCUT2D eigenvalue weighted by molar-refractivity contribution is 5.79. The van der Waals surface area contributed by atoms with Crippen LogP contribution in [0, 0.1) is 6.92 Å². The van der Waals surface area contributed by atoms with Gasteiger partial charge in [0.15, 0.2) is 17.5 Å². The second-order valence-corrected chi connectivity index (χ2v) is 6.32. The van der Waals surface area contributed by atoms with Gasteiger partial charge in [-0.15, -0.1) is 0 Å². The minimum atomic E-state index is 0.609. The van der Waals surface area contributed by atoms with Crippen molar-refractivity contribution < 1.29 is 14.2 Å². The summed E-state index contributed by atoms with van der Waals surface area (Å²) in [4.78, 5) is 4.29. The van der Waals surface area contributed by atoms with Crippen molar-refractivity contribution in [3.05, 3.63) is 53.1 Å². The number of rotatable bonds is 9. The summed E-state index contributed by atoms with van der Waals surface area (Å²) in [7, 11) is 5.12. The maximum Gasteiger partial charge on any atom is 0.191 e. The zero-order valence-electron chi connectivity index (χ0n) is 17.5. The fourth-order valence-electron chi connectivity index (χ4n) is 2.85. The van der Waals surface area contributed by atoms with E-state index in [2.05, 4.69) is 33.8 Å². The van der Waals surface area contributed by atoms with Crippen LogP contribution in [-0.2, 0) is 13.0 Å². The summed E-state index contributed by atoms with van der Waals surface area (Å²) in [6.45, 7) is 6.02. The second kappa shape index (κ2) is 11.1. The first-order valence-corrected chi connectivity index (χ1v) is 9.49. The summed E-state index contributed by atoms with van der Waals surface area (Å²) in [5.74, 6) is 3.17.